The Bertz CT molecular complexity index is 469. The van der Waals surface area contributed by atoms with E-state index >= 15 is 0 Å². The average molecular weight is 249 g/mol. The second kappa shape index (κ2) is 4.39. The minimum absolute atomic E-state index is 0.228. The van der Waals surface area contributed by atoms with Crippen LogP contribution in [0.2, 0.25) is 0 Å². The van der Waals surface area contributed by atoms with Gasteiger partial charge in [0.25, 0.3) is 0 Å². The van der Waals surface area contributed by atoms with E-state index in [-0.39, 0.29) is 5.92 Å². The Morgan fingerprint density at radius 3 is 2.94 bits per heavy atom. The predicted molar refractivity (Wildman–Crippen MR) is 66.5 cm³/mol. The van der Waals surface area contributed by atoms with Crippen LogP contribution in [-0.4, -0.2) is 45.7 Å². The van der Waals surface area contributed by atoms with E-state index in [4.69, 9.17) is 5.11 Å². The Kier molecular flexibility index (Phi) is 2.86. The molecule has 0 spiro atoms. The van der Waals surface area contributed by atoms with E-state index in [1.165, 1.54) is 0 Å². The van der Waals surface area contributed by atoms with Gasteiger partial charge in [0.2, 0.25) is 0 Å². The number of likely N-dealkylation sites (tertiary alicyclic amines) is 1. The lowest BCUT2D eigenvalue weighted by atomic mass is 9.96. The summed E-state index contributed by atoms with van der Waals surface area (Å²) in [5.74, 6) is 0.779. The number of aromatic nitrogens is 2. The zero-order chi connectivity index (χ0) is 12.7. The van der Waals surface area contributed by atoms with E-state index in [2.05, 4.69) is 21.5 Å². The van der Waals surface area contributed by atoms with Gasteiger partial charge in [0.1, 0.15) is 5.82 Å². The maximum absolute atomic E-state index is 11.0. The van der Waals surface area contributed by atoms with Crippen LogP contribution >= 0.6 is 0 Å². The molecule has 98 valence electrons. The molecule has 0 bridgehead atoms. The SMILES string of the molecule is CN1CCC(c2ncc3n2CCC(C(=O)O)C3)C1. The molecule has 0 aromatic carbocycles. The number of carbonyl (C=O) groups is 1. The molecule has 2 aliphatic rings. The summed E-state index contributed by atoms with van der Waals surface area (Å²) in [7, 11) is 2.14. The van der Waals surface area contributed by atoms with Crippen molar-refractivity contribution in [1.82, 2.24) is 14.5 Å². The van der Waals surface area contributed by atoms with E-state index in [9.17, 15) is 4.79 Å². The van der Waals surface area contributed by atoms with Crippen LogP contribution in [0.25, 0.3) is 0 Å². The third-order valence-electron chi connectivity index (χ3n) is 4.23. The van der Waals surface area contributed by atoms with Crippen molar-refractivity contribution in [3.63, 3.8) is 0 Å². The van der Waals surface area contributed by atoms with Crippen molar-refractivity contribution in [2.45, 2.75) is 31.7 Å². The molecular weight excluding hydrogens is 230 g/mol. The highest BCUT2D eigenvalue weighted by Gasteiger charge is 2.30. The zero-order valence-electron chi connectivity index (χ0n) is 10.7. The molecule has 3 heterocycles. The van der Waals surface area contributed by atoms with Gasteiger partial charge in [0.15, 0.2) is 0 Å². The predicted octanol–water partition coefficient (Wildman–Crippen LogP) is 0.949. The van der Waals surface area contributed by atoms with Crippen LogP contribution in [-0.2, 0) is 17.8 Å². The van der Waals surface area contributed by atoms with Crippen LogP contribution in [0, 0.1) is 5.92 Å². The fourth-order valence-electron chi connectivity index (χ4n) is 3.17. The number of carboxylic acid groups (broad SMARTS) is 1. The summed E-state index contributed by atoms with van der Waals surface area (Å²) in [6.45, 7) is 3.01. The van der Waals surface area contributed by atoms with E-state index in [1.807, 2.05) is 6.20 Å². The molecule has 1 N–H and O–H groups in total. The minimum atomic E-state index is -0.676. The number of carboxylic acids is 1. The van der Waals surface area contributed by atoms with Gasteiger partial charge in [-0.1, -0.05) is 0 Å². The van der Waals surface area contributed by atoms with Gasteiger partial charge in [-0.05, 0) is 26.4 Å². The average Bonchev–Trinajstić information content (AvgIpc) is 2.93. The number of fused-ring (bicyclic) bond motifs is 1. The van der Waals surface area contributed by atoms with Gasteiger partial charge in [-0.25, -0.2) is 4.98 Å². The molecule has 0 amide bonds. The van der Waals surface area contributed by atoms with Crippen LogP contribution in [0.1, 0.15) is 30.3 Å². The molecular formula is C13H19N3O2. The standard InChI is InChI=1S/C13H19N3O2/c1-15-4-2-10(8-15)12-14-7-11-6-9(13(17)18)3-5-16(11)12/h7,9-10H,2-6,8H2,1H3,(H,17,18). The first-order valence-electron chi connectivity index (χ1n) is 6.61. The van der Waals surface area contributed by atoms with Crippen molar-refractivity contribution in [3.05, 3.63) is 17.7 Å². The Morgan fingerprint density at radius 1 is 1.44 bits per heavy atom. The van der Waals surface area contributed by atoms with Crippen molar-refractivity contribution in [3.8, 4) is 0 Å². The molecule has 18 heavy (non-hydrogen) atoms. The van der Waals surface area contributed by atoms with Crippen LogP contribution < -0.4 is 0 Å². The van der Waals surface area contributed by atoms with Gasteiger partial charge in [-0.15, -0.1) is 0 Å². The topological polar surface area (TPSA) is 58.4 Å². The number of rotatable bonds is 2. The summed E-state index contributed by atoms with van der Waals surface area (Å²) in [5, 5.41) is 9.08. The summed E-state index contributed by atoms with van der Waals surface area (Å²) in [6.07, 6.45) is 4.40. The molecule has 3 rings (SSSR count). The third kappa shape index (κ3) is 1.92. The maximum atomic E-state index is 11.0. The molecule has 5 nitrogen and oxygen atoms in total. The highest BCUT2D eigenvalue weighted by molar-refractivity contribution is 5.70. The summed E-state index contributed by atoms with van der Waals surface area (Å²) < 4.78 is 2.25. The second-order valence-corrected chi connectivity index (χ2v) is 5.54. The van der Waals surface area contributed by atoms with E-state index in [0.29, 0.717) is 12.3 Å². The van der Waals surface area contributed by atoms with Gasteiger partial charge in [-0.3, -0.25) is 4.79 Å². The second-order valence-electron chi connectivity index (χ2n) is 5.54. The fraction of sp³-hybridized carbons (Fsp3) is 0.692. The first kappa shape index (κ1) is 11.7. The quantitative estimate of drug-likeness (QED) is 0.847. The minimum Gasteiger partial charge on any atom is -0.481 e. The summed E-state index contributed by atoms with van der Waals surface area (Å²) in [5.41, 5.74) is 1.10. The molecule has 1 aromatic rings. The molecule has 1 fully saturated rings. The van der Waals surface area contributed by atoms with Crippen molar-refractivity contribution in [2.75, 3.05) is 20.1 Å². The fourth-order valence-corrected chi connectivity index (χ4v) is 3.17. The number of imidazole rings is 1. The number of likely N-dealkylation sites (N-methyl/N-ethyl adjacent to an activating group) is 1. The molecule has 0 saturated carbocycles. The van der Waals surface area contributed by atoms with Crippen molar-refractivity contribution >= 4 is 5.97 Å². The Hall–Kier alpha value is -1.36. The molecule has 0 radical (unpaired) electrons. The summed E-state index contributed by atoms with van der Waals surface area (Å²) >= 11 is 0. The van der Waals surface area contributed by atoms with Gasteiger partial charge >= 0.3 is 5.97 Å². The monoisotopic (exact) mass is 249 g/mol. The number of hydrogen-bond acceptors (Lipinski definition) is 3. The van der Waals surface area contributed by atoms with Crippen molar-refractivity contribution in [1.29, 1.82) is 0 Å². The first-order valence-corrected chi connectivity index (χ1v) is 6.61. The van der Waals surface area contributed by atoms with Crippen LogP contribution in [0.15, 0.2) is 6.20 Å². The highest BCUT2D eigenvalue weighted by Crippen LogP contribution is 2.30. The lowest BCUT2D eigenvalue weighted by Crippen LogP contribution is -2.26. The number of hydrogen-bond donors (Lipinski definition) is 1. The van der Waals surface area contributed by atoms with Crippen LogP contribution in [0.5, 0.6) is 0 Å². The Balaban J connectivity index is 1.82. The van der Waals surface area contributed by atoms with Crippen molar-refractivity contribution < 1.29 is 9.90 Å². The number of aliphatic carboxylic acids is 1. The molecule has 2 aliphatic heterocycles. The van der Waals surface area contributed by atoms with Gasteiger partial charge in [0, 0.05) is 37.3 Å². The van der Waals surface area contributed by atoms with E-state index in [1.54, 1.807) is 0 Å². The van der Waals surface area contributed by atoms with E-state index in [0.717, 1.165) is 44.0 Å². The molecule has 1 aromatic heterocycles. The van der Waals surface area contributed by atoms with E-state index < -0.39 is 5.97 Å². The largest absolute Gasteiger partial charge is 0.481 e. The normalized spacial score (nSPS) is 28.3. The smallest absolute Gasteiger partial charge is 0.306 e. The van der Waals surface area contributed by atoms with Crippen LogP contribution in [0.3, 0.4) is 0 Å². The Labute approximate surface area is 106 Å². The molecule has 5 heteroatoms. The number of nitrogens with zero attached hydrogens (tertiary/aromatic N) is 3. The lowest BCUT2D eigenvalue weighted by Gasteiger charge is -2.23. The van der Waals surface area contributed by atoms with Crippen molar-refractivity contribution in [2.24, 2.45) is 5.92 Å². The maximum Gasteiger partial charge on any atom is 0.306 e. The summed E-state index contributed by atoms with van der Waals surface area (Å²) in [6, 6.07) is 0. The zero-order valence-corrected chi connectivity index (χ0v) is 10.7. The van der Waals surface area contributed by atoms with Crippen LogP contribution in [0.4, 0.5) is 0 Å². The first-order chi connectivity index (χ1) is 8.65. The Morgan fingerprint density at radius 2 is 2.28 bits per heavy atom. The molecule has 1 saturated heterocycles. The van der Waals surface area contributed by atoms with Gasteiger partial charge in [0.05, 0.1) is 5.92 Å². The van der Waals surface area contributed by atoms with Gasteiger partial charge < -0.3 is 14.6 Å². The lowest BCUT2D eigenvalue weighted by molar-refractivity contribution is -0.142. The molecule has 0 aliphatic carbocycles. The highest BCUT2D eigenvalue weighted by atomic mass is 16.4. The van der Waals surface area contributed by atoms with Gasteiger partial charge in [-0.2, -0.15) is 0 Å². The molecule has 2 atom stereocenters. The third-order valence-corrected chi connectivity index (χ3v) is 4.23. The molecule has 2 unspecified atom stereocenters. The summed E-state index contributed by atoms with van der Waals surface area (Å²) in [4.78, 5) is 17.9.